The molecule has 2 heterocycles. The van der Waals surface area contributed by atoms with Gasteiger partial charge in [-0.3, -0.25) is 19.8 Å². The second kappa shape index (κ2) is 10.3. The number of hydrogen-bond donors (Lipinski definition) is 1. The van der Waals surface area contributed by atoms with Gasteiger partial charge in [-0.1, -0.05) is 17.8 Å². The summed E-state index contributed by atoms with van der Waals surface area (Å²) in [6, 6.07) is 4.34. The summed E-state index contributed by atoms with van der Waals surface area (Å²) < 4.78 is 7.33. The zero-order chi connectivity index (χ0) is 21.5. The molecule has 0 radical (unpaired) electrons. The Morgan fingerprint density at radius 3 is 2.83 bits per heavy atom. The Labute approximate surface area is 178 Å². The van der Waals surface area contributed by atoms with Crippen molar-refractivity contribution >= 4 is 29.0 Å². The van der Waals surface area contributed by atoms with Crippen molar-refractivity contribution < 1.29 is 14.5 Å². The van der Waals surface area contributed by atoms with E-state index < -0.39 is 4.92 Å². The highest BCUT2D eigenvalue weighted by Gasteiger charge is 2.18. The monoisotopic (exact) mass is 432 g/mol. The zero-order valence-corrected chi connectivity index (χ0v) is 17.6. The van der Waals surface area contributed by atoms with Crippen LogP contribution < -0.4 is 5.32 Å². The fourth-order valence-corrected chi connectivity index (χ4v) is 3.80. The smallest absolute Gasteiger partial charge is 0.269 e. The van der Waals surface area contributed by atoms with Crippen molar-refractivity contribution in [2.75, 3.05) is 37.4 Å². The van der Waals surface area contributed by atoms with Crippen LogP contribution in [0.2, 0.25) is 0 Å². The van der Waals surface area contributed by atoms with E-state index >= 15 is 0 Å². The molecule has 0 aliphatic carbocycles. The molecule has 2 aromatic rings. The second-order valence-corrected chi connectivity index (χ2v) is 7.72. The third-order valence-corrected chi connectivity index (χ3v) is 5.57. The number of ether oxygens (including phenoxy) is 1. The number of rotatable bonds is 9. The van der Waals surface area contributed by atoms with Crippen LogP contribution in [0.4, 0.5) is 11.4 Å². The molecule has 1 N–H and O–H groups in total. The van der Waals surface area contributed by atoms with Crippen LogP contribution >= 0.6 is 11.8 Å². The normalized spacial score (nSPS) is 14.4. The van der Waals surface area contributed by atoms with Gasteiger partial charge in [-0.2, -0.15) is 0 Å². The van der Waals surface area contributed by atoms with Gasteiger partial charge in [0.15, 0.2) is 5.16 Å². The molecule has 1 fully saturated rings. The van der Waals surface area contributed by atoms with E-state index in [4.69, 9.17) is 4.74 Å². The highest BCUT2D eigenvalue weighted by Crippen LogP contribution is 2.23. The maximum Gasteiger partial charge on any atom is 0.269 e. The number of hydrogen-bond acceptors (Lipinski definition) is 8. The van der Waals surface area contributed by atoms with Crippen LogP contribution in [-0.2, 0) is 22.6 Å². The Morgan fingerprint density at radius 2 is 2.17 bits per heavy atom. The second-order valence-electron chi connectivity index (χ2n) is 6.78. The number of nitro groups is 1. The van der Waals surface area contributed by atoms with Crippen LogP contribution in [0.25, 0.3) is 0 Å². The van der Waals surface area contributed by atoms with E-state index in [-0.39, 0.29) is 17.3 Å². The predicted octanol–water partition coefficient (Wildman–Crippen LogP) is 2.24. The SMILES string of the molecule is C=CCn1c(CN2CCOCC2)nnc1SCC(=O)Nc1ccc([N+](=O)[O-])cc1C. The number of carbonyl (C=O) groups excluding carboxylic acids is 1. The van der Waals surface area contributed by atoms with Gasteiger partial charge in [-0.25, -0.2) is 0 Å². The summed E-state index contributed by atoms with van der Waals surface area (Å²) in [5.74, 6) is 0.745. The standard InChI is InChI=1S/C19H24N6O4S/c1-3-6-24-17(12-23-7-9-29-10-8-23)21-22-19(24)30-13-18(26)20-16-5-4-15(25(27)28)11-14(16)2/h3-5,11H,1,6-10,12-13H2,2H3,(H,20,26). The van der Waals surface area contributed by atoms with E-state index in [9.17, 15) is 14.9 Å². The summed E-state index contributed by atoms with van der Waals surface area (Å²) in [6.07, 6.45) is 1.77. The number of morpholine rings is 1. The number of thioether (sulfide) groups is 1. The van der Waals surface area contributed by atoms with Crippen LogP contribution in [0.5, 0.6) is 0 Å². The molecule has 1 aliphatic rings. The predicted molar refractivity (Wildman–Crippen MR) is 114 cm³/mol. The number of nitro benzene ring substituents is 1. The maximum atomic E-state index is 12.4. The molecule has 1 aromatic heterocycles. The quantitative estimate of drug-likeness (QED) is 0.278. The molecule has 1 saturated heterocycles. The largest absolute Gasteiger partial charge is 0.379 e. The molecule has 0 spiro atoms. The van der Waals surface area contributed by atoms with Gasteiger partial charge in [0.25, 0.3) is 5.69 Å². The molecular formula is C19H24N6O4S. The molecule has 10 nitrogen and oxygen atoms in total. The minimum Gasteiger partial charge on any atom is -0.379 e. The number of carbonyl (C=O) groups is 1. The van der Waals surface area contributed by atoms with Crippen LogP contribution in [0.3, 0.4) is 0 Å². The first kappa shape index (κ1) is 21.9. The number of benzene rings is 1. The lowest BCUT2D eigenvalue weighted by Gasteiger charge is -2.26. The highest BCUT2D eigenvalue weighted by molar-refractivity contribution is 7.99. The third kappa shape index (κ3) is 5.65. The minimum atomic E-state index is -0.463. The minimum absolute atomic E-state index is 0.00908. The summed E-state index contributed by atoms with van der Waals surface area (Å²) in [7, 11) is 0. The lowest BCUT2D eigenvalue weighted by atomic mass is 10.2. The molecule has 0 atom stereocenters. The fraction of sp³-hybridized carbons (Fsp3) is 0.421. The van der Waals surface area contributed by atoms with Gasteiger partial charge in [0.1, 0.15) is 5.82 Å². The molecular weight excluding hydrogens is 408 g/mol. The summed E-state index contributed by atoms with van der Waals surface area (Å²) >= 11 is 1.29. The zero-order valence-electron chi connectivity index (χ0n) is 16.7. The van der Waals surface area contributed by atoms with E-state index in [0.29, 0.717) is 42.7 Å². The Hall–Kier alpha value is -2.76. The van der Waals surface area contributed by atoms with Crippen molar-refractivity contribution in [1.29, 1.82) is 0 Å². The summed E-state index contributed by atoms with van der Waals surface area (Å²) in [4.78, 5) is 25.0. The van der Waals surface area contributed by atoms with E-state index in [1.165, 1.54) is 30.0 Å². The number of amides is 1. The Morgan fingerprint density at radius 1 is 1.40 bits per heavy atom. The molecule has 3 rings (SSSR count). The van der Waals surface area contributed by atoms with Crippen molar-refractivity contribution in [1.82, 2.24) is 19.7 Å². The number of anilines is 1. The average Bonchev–Trinajstić information content (AvgIpc) is 3.10. The number of allylic oxidation sites excluding steroid dienone is 1. The lowest BCUT2D eigenvalue weighted by Crippen LogP contribution is -2.36. The number of aryl methyl sites for hydroxylation is 1. The van der Waals surface area contributed by atoms with Gasteiger partial charge in [0.05, 0.1) is 30.4 Å². The van der Waals surface area contributed by atoms with E-state index in [2.05, 4.69) is 27.0 Å². The van der Waals surface area contributed by atoms with Gasteiger partial charge in [0, 0.05) is 37.5 Å². The highest BCUT2D eigenvalue weighted by atomic mass is 32.2. The molecule has 30 heavy (non-hydrogen) atoms. The van der Waals surface area contributed by atoms with Gasteiger partial charge in [-0.15, -0.1) is 16.8 Å². The molecule has 0 unspecified atom stereocenters. The molecule has 0 bridgehead atoms. The van der Waals surface area contributed by atoms with Gasteiger partial charge >= 0.3 is 0 Å². The molecule has 1 aromatic carbocycles. The van der Waals surface area contributed by atoms with Crippen LogP contribution in [-0.4, -0.2) is 62.6 Å². The van der Waals surface area contributed by atoms with E-state index in [1.807, 2.05) is 4.57 Å². The topological polar surface area (TPSA) is 115 Å². The van der Waals surface area contributed by atoms with Crippen LogP contribution in [0.15, 0.2) is 36.0 Å². The van der Waals surface area contributed by atoms with Crippen molar-refractivity contribution in [3.05, 3.63) is 52.4 Å². The van der Waals surface area contributed by atoms with E-state index in [1.54, 1.807) is 13.0 Å². The lowest BCUT2D eigenvalue weighted by molar-refractivity contribution is -0.384. The number of nitrogens with one attached hydrogen (secondary N) is 1. The summed E-state index contributed by atoms with van der Waals surface area (Å²) in [5.41, 5.74) is 1.17. The van der Waals surface area contributed by atoms with Crippen molar-refractivity contribution in [3.8, 4) is 0 Å². The fourth-order valence-electron chi connectivity index (χ4n) is 3.03. The van der Waals surface area contributed by atoms with Crippen LogP contribution in [0, 0.1) is 17.0 Å². The van der Waals surface area contributed by atoms with Crippen LogP contribution in [0.1, 0.15) is 11.4 Å². The van der Waals surface area contributed by atoms with Crippen molar-refractivity contribution in [2.24, 2.45) is 0 Å². The molecule has 0 saturated carbocycles. The Bertz CT molecular complexity index is 926. The third-order valence-electron chi connectivity index (χ3n) is 4.60. The summed E-state index contributed by atoms with van der Waals surface area (Å²) in [6.45, 7) is 9.85. The molecule has 160 valence electrons. The first-order valence-electron chi connectivity index (χ1n) is 9.48. The Balaban J connectivity index is 1.61. The van der Waals surface area contributed by atoms with Gasteiger partial charge in [0.2, 0.25) is 5.91 Å². The Kier molecular flexibility index (Phi) is 7.55. The maximum absolute atomic E-state index is 12.4. The summed E-state index contributed by atoms with van der Waals surface area (Å²) in [5, 5.41) is 22.8. The van der Waals surface area contributed by atoms with E-state index in [0.717, 1.165) is 18.9 Å². The molecule has 1 aliphatic heterocycles. The first-order chi connectivity index (χ1) is 14.5. The van der Waals surface area contributed by atoms with Crippen molar-refractivity contribution in [2.45, 2.75) is 25.2 Å². The molecule has 11 heteroatoms. The van der Waals surface area contributed by atoms with Gasteiger partial charge in [-0.05, 0) is 18.6 Å². The number of nitrogens with zero attached hydrogens (tertiary/aromatic N) is 5. The first-order valence-corrected chi connectivity index (χ1v) is 10.5. The molecule has 1 amide bonds. The number of aromatic nitrogens is 3. The average molecular weight is 433 g/mol. The van der Waals surface area contributed by atoms with Gasteiger partial charge < -0.3 is 14.6 Å². The number of non-ortho nitro benzene ring substituents is 1. The van der Waals surface area contributed by atoms with Crippen molar-refractivity contribution in [3.63, 3.8) is 0 Å².